The van der Waals surface area contributed by atoms with Gasteiger partial charge in [0.05, 0.1) is 10.6 Å². The van der Waals surface area contributed by atoms with Crippen molar-refractivity contribution in [3.05, 3.63) is 33.9 Å². The SMILES string of the molecule is O=C(Nc1cc([N+](=O)[O-])c(F)cc1F)C1CCNCC1. The van der Waals surface area contributed by atoms with Crippen LogP contribution in [0.4, 0.5) is 20.2 Å². The predicted octanol–water partition coefficient (Wildman–Crippen LogP) is 1.81. The molecular formula is C12H13F2N3O3. The van der Waals surface area contributed by atoms with Crippen molar-refractivity contribution in [1.29, 1.82) is 0 Å². The summed E-state index contributed by atoms with van der Waals surface area (Å²) in [5.41, 5.74) is -1.24. The van der Waals surface area contributed by atoms with E-state index in [9.17, 15) is 23.7 Å². The first-order valence-electron chi connectivity index (χ1n) is 6.14. The van der Waals surface area contributed by atoms with Gasteiger partial charge in [0.2, 0.25) is 11.7 Å². The number of carbonyl (C=O) groups is 1. The molecule has 1 amide bonds. The summed E-state index contributed by atoms with van der Waals surface area (Å²) in [4.78, 5) is 21.5. The molecule has 108 valence electrons. The Morgan fingerprint density at radius 2 is 1.95 bits per heavy atom. The Morgan fingerprint density at radius 1 is 1.30 bits per heavy atom. The zero-order chi connectivity index (χ0) is 14.7. The van der Waals surface area contributed by atoms with Crippen LogP contribution in [0.5, 0.6) is 0 Å². The Kier molecular flexibility index (Phi) is 4.23. The Labute approximate surface area is 113 Å². The normalized spacial score (nSPS) is 15.9. The van der Waals surface area contributed by atoms with Crippen LogP contribution >= 0.6 is 0 Å². The lowest BCUT2D eigenvalue weighted by Gasteiger charge is -2.21. The van der Waals surface area contributed by atoms with E-state index in [1.807, 2.05) is 0 Å². The minimum absolute atomic E-state index is 0.278. The van der Waals surface area contributed by atoms with Crippen LogP contribution in [0.2, 0.25) is 0 Å². The maximum Gasteiger partial charge on any atom is 0.307 e. The highest BCUT2D eigenvalue weighted by molar-refractivity contribution is 5.93. The maximum atomic E-state index is 13.5. The van der Waals surface area contributed by atoms with Crippen molar-refractivity contribution in [1.82, 2.24) is 5.32 Å². The predicted molar refractivity (Wildman–Crippen MR) is 67.2 cm³/mol. The largest absolute Gasteiger partial charge is 0.323 e. The van der Waals surface area contributed by atoms with Crippen LogP contribution in [0.25, 0.3) is 0 Å². The molecule has 0 saturated carbocycles. The van der Waals surface area contributed by atoms with Crippen molar-refractivity contribution < 1.29 is 18.5 Å². The monoisotopic (exact) mass is 285 g/mol. The zero-order valence-electron chi connectivity index (χ0n) is 10.5. The molecule has 0 unspecified atom stereocenters. The van der Waals surface area contributed by atoms with E-state index >= 15 is 0 Å². The fourth-order valence-electron chi connectivity index (χ4n) is 2.09. The van der Waals surface area contributed by atoms with Crippen LogP contribution in [0.15, 0.2) is 12.1 Å². The highest BCUT2D eigenvalue weighted by Gasteiger charge is 2.24. The number of hydrogen-bond acceptors (Lipinski definition) is 4. The van der Waals surface area contributed by atoms with E-state index < -0.39 is 28.2 Å². The van der Waals surface area contributed by atoms with Crippen LogP contribution in [-0.4, -0.2) is 23.9 Å². The van der Waals surface area contributed by atoms with E-state index in [-0.39, 0.29) is 11.6 Å². The van der Waals surface area contributed by atoms with Gasteiger partial charge in [-0.2, -0.15) is 4.39 Å². The first-order chi connectivity index (χ1) is 9.49. The molecule has 0 bridgehead atoms. The number of nitrogens with zero attached hydrogens (tertiary/aromatic N) is 1. The molecule has 1 fully saturated rings. The average Bonchev–Trinajstić information content (AvgIpc) is 2.42. The van der Waals surface area contributed by atoms with Gasteiger partial charge in [0.25, 0.3) is 0 Å². The van der Waals surface area contributed by atoms with Crippen LogP contribution < -0.4 is 10.6 Å². The van der Waals surface area contributed by atoms with E-state index in [1.54, 1.807) is 0 Å². The third kappa shape index (κ3) is 3.08. The van der Waals surface area contributed by atoms with E-state index in [0.717, 1.165) is 0 Å². The molecule has 1 aliphatic heterocycles. The molecule has 0 spiro atoms. The van der Waals surface area contributed by atoms with Crippen molar-refractivity contribution in [3.8, 4) is 0 Å². The van der Waals surface area contributed by atoms with Crippen LogP contribution in [0, 0.1) is 27.7 Å². The Balaban J connectivity index is 2.18. The van der Waals surface area contributed by atoms with Gasteiger partial charge in [-0.05, 0) is 25.9 Å². The Morgan fingerprint density at radius 3 is 2.55 bits per heavy atom. The molecule has 0 radical (unpaired) electrons. The fourth-order valence-corrected chi connectivity index (χ4v) is 2.09. The third-order valence-electron chi connectivity index (χ3n) is 3.20. The molecule has 20 heavy (non-hydrogen) atoms. The summed E-state index contributed by atoms with van der Waals surface area (Å²) in [6.45, 7) is 1.37. The highest BCUT2D eigenvalue weighted by atomic mass is 19.1. The minimum Gasteiger partial charge on any atom is -0.323 e. The van der Waals surface area contributed by atoms with Crippen molar-refractivity contribution in [2.75, 3.05) is 18.4 Å². The van der Waals surface area contributed by atoms with Crippen LogP contribution in [0.3, 0.4) is 0 Å². The molecule has 2 N–H and O–H groups in total. The highest BCUT2D eigenvalue weighted by Crippen LogP contribution is 2.26. The van der Waals surface area contributed by atoms with Gasteiger partial charge in [-0.3, -0.25) is 14.9 Å². The molecule has 6 nitrogen and oxygen atoms in total. The van der Waals surface area contributed by atoms with Crippen LogP contribution in [-0.2, 0) is 4.79 Å². The van der Waals surface area contributed by atoms with Gasteiger partial charge in [-0.15, -0.1) is 0 Å². The van der Waals surface area contributed by atoms with Crippen molar-refractivity contribution in [2.45, 2.75) is 12.8 Å². The number of nitrogens with one attached hydrogen (secondary N) is 2. The van der Waals surface area contributed by atoms with Gasteiger partial charge in [0, 0.05) is 18.1 Å². The van der Waals surface area contributed by atoms with Gasteiger partial charge < -0.3 is 10.6 Å². The molecular weight excluding hydrogens is 272 g/mol. The number of halogens is 2. The van der Waals surface area contributed by atoms with Gasteiger partial charge >= 0.3 is 5.69 Å². The van der Waals surface area contributed by atoms with E-state index in [1.165, 1.54) is 0 Å². The summed E-state index contributed by atoms with van der Waals surface area (Å²) < 4.78 is 26.7. The molecule has 1 aromatic rings. The summed E-state index contributed by atoms with van der Waals surface area (Å²) >= 11 is 0. The molecule has 1 aromatic carbocycles. The van der Waals surface area contributed by atoms with E-state index in [4.69, 9.17) is 0 Å². The first-order valence-corrected chi connectivity index (χ1v) is 6.14. The van der Waals surface area contributed by atoms with Crippen molar-refractivity contribution >= 4 is 17.3 Å². The molecule has 0 aliphatic carbocycles. The van der Waals surface area contributed by atoms with Crippen molar-refractivity contribution in [2.24, 2.45) is 5.92 Å². The summed E-state index contributed by atoms with van der Waals surface area (Å²) in [5, 5.41) is 16.0. The summed E-state index contributed by atoms with van der Waals surface area (Å²) in [6.07, 6.45) is 1.22. The molecule has 0 aromatic heterocycles. The number of rotatable bonds is 3. The minimum atomic E-state index is -1.27. The first kappa shape index (κ1) is 14.3. The quantitative estimate of drug-likeness (QED) is 0.655. The summed E-state index contributed by atoms with van der Waals surface area (Å²) in [5.74, 6) is -2.99. The number of anilines is 1. The smallest absolute Gasteiger partial charge is 0.307 e. The topological polar surface area (TPSA) is 84.3 Å². The summed E-state index contributed by atoms with van der Waals surface area (Å²) in [7, 11) is 0. The maximum absolute atomic E-state index is 13.5. The molecule has 1 saturated heterocycles. The Bertz CT molecular complexity index is 545. The second kappa shape index (κ2) is 5.91. The lowest BCUT2D eigenvalue weighted by molar-refractivity contribution is -0.387. The summed E-state index contributed by atoms with van der Waals surface area (Å²) in [6, 6.07) is 1.10. The number of hydrogen-bond donors (Lipinski definition) is 2. The lowest BCUT2D eigenvalue weighted by atomic mass is 9.97. The molecule has 0 atom stereocenters. The third-order valence-corrected chi connectivity index (χ3v) is 3.20. The van der Waals surface area contributed by atoms with Crippen LogP contribution in [0.1, 0.15) is 12.8 Å². The number of carbonyl (C=O) groups excluding carboxylic acids is 1. The van der Waals surface area contributed by atoms with Gasteiger partial charge in [0.1, 0.15) is 5.82 Å². The number of nitro groups is 1. The average molecular weight is 285 g/mol. The second-order valence-electron chi connectivity index (χ2n) is 4.55. The second-order valence-corrected chi connectivity index (χ2v) is 4.55. The molecule has 2 rings (SSSR count). The number of amides is 1. The standard InChI is InChI=1S/C12H13F2N3O3/c13-8-5-9(14)11(17(19)20)6-10(8)16-12(18)7-1-3-15-4-2-7/h5-7,15H,1-4H2,(H,16,18). The number of nitro benzene ring substituents is 1. The van der Waals surface area contributed by atoms with Gasteiger partial charge in [0.15, 0.2) is 0 Å². The lowest BCUT2D eigenvalue weighted by Crippen LogP contribution is -2.34. The number of benzene rings is 1. The Hall–Kier alpha value is -2.09. The van der Waals surface area contributed by atoms with E-state index in [2.05, 4.69) is 10.6 Å². The zero-order valence-corrected chi connectivity index (χ0v) is 10.5. The molecule has 8 heteroatoms. The van der Waals surface area contributed by atoms with Gasteiger partial charge in [-0.1, -0.05) is 0 Å². The molecule has 1 heterocycles. The molecule has 1 aliphatic rings. The fraction of sp³-hybridized carbons (Fsp3) is 0.417. The van der Waals surface area contributed by atoms with E-state index in [0.29, 0.717) is 38.1 Å². The number of piperidine rings is 1. The van der Waals surface area contributed by atoms with Gasteiger partial charge in [-0.25, -0.2) is 4.39 Å². The van der Waals surface area contributed by atoms with Crippen molar-refractivity contribution in [3.63, 3.8) is 0 Å².